The molecule has 1 aromatic carbocycles. The predicted octanol–water partition coefficient (Wildman–Crippen LogP) is 3.95. The maximum absolute atomic E-state index is 13.7. The van der Waals surface area contributed by atoms with Crippen molar-refractivity contribution in [2.75, 3.05) is 20.2 Å². The van der Waals surface area contributed by atoms with Crippen molar-refractivity contribution in [3.63, 3.8) is 0 Å². The van der Waals surface area contributed by atoms with Crippen LogP contribution in [-0.4, -0.2) is 41.7 Å². The van der Waals surface area contributed by atoms with Crippen LogP contribution in [0.2, 0.25) is 0 Å². The monoisotopic (exact) mass is 408 g/mol. The summed E-state index contributed by atoms with van der Waals surface area (Å²) in [5.74, 6) is 0.263. The summed E-state index contributed by atoms with van der Waals surface area (Å²) in [5.41, 5.74) is 1.54. The number of carbonyl (C=O) groups is 2. The molecule has 0 bridgehead atoms. The molecule has 1 saturated heterocycles. The normalized spacial score (nSPS) is 21.5. The van der Waals surface area contributed by atoms with Gasteiger partial charge in [0.15, 0.2) is 5.78 Å². The minimum absolute atomic E-state index is 0.144. The summed E-state index contributed by atoms with van der Waals surface area (Å²) in [7, 11) is 1.63. The average Bonchev–Trinajstić information content (AvgIpc) is 3.28. The van der Waals surface area contributed by atoms with Gasteiger partial charge in [-0.2, -0.15) is 0 Å². The van der Waals surface area contributed by atoms with E-state index < -0.39 is 5.92 Å². The number of hydrogen-bond acceptors (Lipinski definition) is 5. The van der Waals surface area contributed by atoms with Crippen LogP contribution in [0.3, 0.4) is 0 Å². The lowest BCUT2D eigenvalue weighted by Crippen LogP contribution is -2.49. The highest BCUT2D eigenvalue weighted by Gasteiger charge is 2.44. The van der Waals surface area contributed by atoms with Crippen LogP contribution in [0, 0.1) is 5.92 Å². The highest BCUT2D eigenvalue weighted by molar-refractivity contribution is 6.10. The number of nitrogens with zero attached hydrogens (tertiary/aromatic N) is 2. The molecular formula is C24H28N2O4. The van der Waals surface area contributed by atoms with E-state index in [-0.39, 0.29) is 17.7 Å². The third kappa shape index (κ3) is 3.92. The molecule has 0 saturated carbocycles. The summed E-state index contributed by atoms with van der Waals surface area (Å²) in [4.78, 5) is 30.8. The summed E-state index contributed by atoms with van der Waals surface area (Å²) in [5, 5.41) is 0. The number of likely N-dealkylation sites (tertiary alicyclic amines) is 1. The standard InChI is InChI=1S/C24H28N2O4/c1-17-15-20(27)22(24(28)26(17)16-18-9-8-14-30-18)23(25-12-6-3-7-13-25)19-10-4-5-11-21(19)29-2/h4-5,8-11,14-15,22-23H,3,6-7,12-13,16H2,1-2H3. The molecule has 6 heteroatoms. The van der Waals surface area contributed by atoms with Crippen LogP contribution in [0.1, 0.15) is 43.6 Å². The first-order valence-corrected chi connectivity index (χ1v) is 10.5. The SMILES string of the molecule is COc1ccccc1C(C1C(=O)C=C(C)N(Cc2ccco2)C1=O)N1CCCCC1. The largest absolute Gasteiger partial charge is 0.496 e. The van der Waals surface area contributed by atoms with Gasteiger partial charge in [-0.05, 0) is 51.1 Å². The van der Waals surface area contributed by atoms with E-state index in [1.165, 1.54) is 6.42 Å². The summed E-state index contributed by atoms with van der Waals surface area (Å²) < 4.78 is 11.1. The van der Waals surface area contributed by atoms with Gasteiger partial charge in [-0.25, -0.2) is 0 Å². The molecule has 2 aliphatic rings. The van der Waals surface area contributed by atoms with Crippen LogP contribution in [0.4, 0.5) is 0 Å². The molecule has 6 nitrogen and oxygen atoms in total. The Bertz CT molecular complexity index is 928. The average molecular weight is 408 g/mol. The molecule has 2 unspecified atom stereocenters. The van der Waals surface area contributed by atoms with E-state index in [1.807, 2.05) is 30.3 Å². The fourth-order valence-corrected chi connectivity index (χ4v) is 4.58. The molecule has 2 atom stereocenters. The molecular weight excluding hydrogens is 380 g/mol. The van der Waals surface area contributed by atoms with E-state index in [0.717, 1.165) is 31.5 Å². The first kappa shape index (κ1) is 20.4. The number of para-hydroxylation sites is 1. The van der Waals surface area contributed by atoms with Crippen molar-refractivity contribution in [3.8, 4) is 5.75 Å². The second-order valence-electron chi connectivity index (χ2n) is 7.95. The Morgan fingerprint density at radius 1 is 1.10 bits per heavy atom. The third-order valence-electron chi connectivity index (χ3n) is 6.07. The zero-order valence-electron chi connectivity index (χ0n) is 17.5. The molecule has 1 amide bonds. The fraction of sp³-hybridized carbons (Fsp3) is 0.417. The van der Waals surface area contributed by atoms with Crippen molar-refractivity contribution in [1.29, 1.82) is 0 Å². The van der Waals surface area contributed by atoms with Crippen molar-refractivity contribution in [1.82, 2.24) is 9.80 Å². The third-order valence-corrected chi connectivity index (χ3v) is 6.07. The fourth-order valence-electron chi connectivity index (χ4n) is 4.58. The van der Waals surface area contributed by atoms with Crippen LogP contribution < -0.4 is 4.74 Å². The maximum Gasteiger partial charge on any atom is 0.240 e. The minimum Gasteiger partial charge on any atom is -0.496 e. The number of furan rings is 1. The van der Waals surface area contributed by atoms with E-state index in [0.29, 0.717) is 23.8 Å². The number of allylic oxidation sites excluding steroid dienone is 2. The molecule has 1 fully saturated rings. The van der Waals surface area contributed by atoms with Crippen molar-refractivity contribution in [3.05, 3.63) is 65.8 Å². The molecule has 158 valence electrons. The molecule has 0 radical (unpaired) electrons. The van der Waals surface area contributed by atoms with Crippen molar-refractivity contribution in [2.45, 2.75) is 38.8 Å². The number of hydrogen-bond donors (Lipinski definition) is 0. The lowest BCUT2D eigenvalue weighted by molar-refractivity contribution is -0.144. The highest BCUT2D eigenvalue weighted by Crippen LogP contribution is 2.40. The molecule has 30 heavy (non-hydrogen) atoms. The zero-order valence-corrected chi connectivity index (χ0v) is 17.5. The van der Waals surface area contributed by atoms with Gasteiger partial charge in [0.2, 0.25) is 5.91 Å². The van der Waals surface area contributed by atoms with Gasteiger partial charge in [0.1, 0.15) is 17.4 Å². The minimum atomic E-state index is -0.807. The molecule has 0 spiro atoms. The topological polar surface area (TPSA) is 63.0 Å². The van der Waals surface area contributed by atoms with Crippen molar-refractivity contribution in [2.24, 2.45) is 5.92 Å². The Morgan fingerprint density at radius 2 is 1.87 bits per heavy atom. The predicted molar refractivity (Wildman–Crippen MR) is 113 cm³/mol. The van der Waals surface area contributed by atoms with E-state index >= 15 is 0 Å². The van der Waals surface area contributed by atoms with Crippen LogP contribution in [0.5, 0.6) is 5.75 Å². The molecule has 2 aromatic rings. The second kappa shape index (κ2) is 8.88. The Kier molecular flexibility index (Phi) is 6.04. The quantitative estimate of drug-likeness (QED) is 0.678. The number of ether oxygens (including phenoxy) is 1. The van der Waals surface area contributed by atoms with Gasteiger partial charge in [0.25, 0.3) is 0 Å². The lowest BCUT2D eigenvalue weighted by atomic mass is 9.83. The Morgan fingerprint density at radius 3 is 2.57 bits per heavy atom. The van der Waals surface area contributed by atoms with Crippen molar-refractivity contribution < 1.29 is 18.7 Å². The van der Waals surface area contributed by atoms with Crippen molar-refractivity contribution >= 4 is 11.7 Å². The number of benzene rings is 1. The summed E-state index contributed by atoms with van der Waals surface area (Å²) in [6.07, 6.45) is 6.49. The van der Waals surface area contributed by atoms with Gasteiger partial charge in [0, 0.05) is 17.3 Å². The van der Waals surface area contributed by atoms with Gasteiger partial charge in [-0.15, -0.1) is 0 Å². The molecule has 0 aliphatic carbocycles. The molecule has 4 rings (SSSR count). The zero-order chi connectivity index (χ0) is 21.1. The first-order chi connectivity index (χ1) is 14.6. The van der Waals surface area contributed by atoms with Gasteiger partial charge in [0.05, 0.1) is 26.0 Å². The molecule has 3 heterocycles. The van der Waals surface area contributed by atoms with Crippen LogP contribution in [0.25, 0.3) is 0 Å². The van der Waals surface area contributed by atoms with E-state index in [9.17, 15) is 9.59 Å². The van der Waals surface area contributed by atoms with Crippen LogP contribution in [0.15, 0.2) is 58.9 Å². The number of piperidine rings is 1. The smallest absolute Gasteiger partial charge is 0.240 e. The first-order valence-electron chi connectivity index (χ1n) is 10.5. The Hall–Kier alpha value is -2.86. The highest BCUT2D eigenvalue weighted by atomic mass is 16.5. The summed E-state index contributed by atoms with van der Waals surface area (Å²) >= 11 is 0. The van der Waals surface area contributed by atoms with Gasteiger partial charge >= 0.3 is 0 Å². The van der Waals surface area contributed by atoms with Crippen LogP contribution in [-0.2, 0) is 16.1 Å². The Balaban J connectivity index is 1.75. The van der Waals surface area contributed by atoms with Crippen LogP contribution >= 0.6 is 0 Å². The maximum atomic E-state index is 13.7. The van der Waals surface area contributed by atoms with Gasteiger partial charge in [-0.1, -0.05) is 24.6 Å². The second-order valence-corrected chi connectivity index (χ2v) is 7.95. The number of rotatable bonds is 6. The molecule has 0 N–H and O–H groups in total. The number of carbonyl (C=O) groups excluding carboxylic acids is 2. The number of ketones is 1. The van der Waals surface area contributed by atoms with E-state index in [4.69, 9.17) is 9.15 Å². The van der Waals surface area contributed by atoms with E-state index in [1.54, 1.807) is 37.3 Å². The summed E-state index contributed by atoms with van der Waals surface area (Å²) in [6.45, 7) is 3.84. The van der Waals surface area contributed by atoms with E-state index in [2.05, 4.69) is 4.90 Å². The Labute approximate surface area is 177 Å². The number of amides is 1. The van der Waals surface area contributed by atoms with Gasteiger partial charge < -0.3 is 14.1 Å². The number of methoxy groups -OCH3 is 1. The molecule has 1 aromatic heterocycles. The molecule has 2 aliphatic heterocycles. The lowest BCUT2D eigenvalue weighted by Gasteiger charge is -2.41. The van der Waals surface area contributed by atoms with Gasteiger partial charge in [-0.3, -0.25) is 14.5 Å². The summed E-state index contributed by atoms with van der Waals surface area (Å²) in [6, 6.07) is 11.0.